The summed E-state index contributed by atoms with van der Waals surface area (Å²) in [4.78, 5) is 4.33. The van der Waals surface area contributed by atoms with Gasteiger partial charge in [-0.05, 0) is 24.0 Å². The molecule has 0 spiro atoms. The predicted molar refractivity (Wildman–Crippen MR) is 77.1 cm³/mol. The molecule has 0 saturated carbocycles. The highest BCUT2D eigenvalue weighted by molar-refractivity contribution is 5.33. The number of benzene rings is 1. The Hall–Kier alpha value is -1.61. The van der Waals surface area contributed by atoms with Crippen molar-refractivity contribution in [1.82, 2.24) is 14.9 Å². The summed E-state index contributed by atoms with van der Waals surface area (Å²) in [7, 11) is 0. The van der Waals surface area contributed by atoms with Crippen molar-refractivity contribution in [3.05, 3.63) is 53.6 Å². The Balaban J connectivity index is 1.76. The summed E-state index contributed by atoms with van der Waals surface area (Å²) in [5.74, 6) is 0. The van der Waals surface area contributed by atoms with Gasteiger partial charge in [0.25, 0.3) is 0 Å². The molecule has 3 rings (SSSR count). The van der Waals surface area contributed by atoms with E-state index in [1.54, 1.807) is 0 Å². The second kappa shape index (κ2) is 5.17. The van der Waals surface area contributed by atoms with Gasteiger partial charge in [0.15, 0.2) is 0 Å². The Bertz CT molecular complexity index is 532. The average molecular weight is 255 g/mol. The fourth-order valence-electron chi connectivity index (χ4n) is 2.84. The Morgan fingerprint density at radius 3 is 2.58 bits per heavy atom. The fraction of sp³-hybridized carbons (Fsp3) is 0.438. The minimum atomic E-state index is 0.504. The van der Waals surface area contributed by atoms with Gasteiger partial charge >= 0.3 is 0 Å². The van der Waals surface area contributed by atoms with Gasteiger partial charge in [-0.1, -0.05) is 38.1 Å². The van der Waals surface area contributed by atoms with Gasteiger partial charge in [-0.2, -0.15) is 0 Å². The first kappa shape index (κ1) is 12.4. The third-order valence-corrected chi connectivity index (χ3v) is 3.86. The summed E-state index contributed by atoms with van der Waals surface area (Å²) in [5, 5.41) is 3.47. The number of nitrogens with one attached hydrogen (secondary N) is 1. The van der Waals surface area contributed by atoms with Crippen LogP contribution in [0, 0.1) is 0 Å². The molecule has 0 bridgehead atoms. The first-order chi connectivity index (χ1) is 9.24. The molecule has 0 amide bonds. The summed E-state index contributed by atoms with van der Waals surface area (Å²) >= 11 is 0. The smallest absolute Gasteiger partial charge is 0.0951 e. The molecule has 0 fully saturated rings. The molecule has 100 valence electrons. The summed E-state index contributed by atoms with van der Waals surface area (Å²) in [5.41, 5.74) is 4.26. The molecule has 1 aliphatic rings. The van der Waals surface area contributed by atoms with Crippen LogP contribution in [-0.2, 0) is 19.4 Å². The number of imidazole rings is 1. The van der Waals surface area contributed by atoms with Crippen molar-refractivity contribution in [1.29, 1.82) is 0 Å². The molecule has 3 heteroatoms. The summed E-state index contributed by atoms with van der Waals surface area (Å²) in [6.45, 7) is 5.24. The largest absolute Gasteiger partial charge is 0.330 e. The first-order valence-corrected chi connectivity index (χ1v) is 7.05. The maximum Gasteiger partial charge on any atom is 0.0951 e. The molecule has 19 heavy (non-hydrogen) atoms. The van der Waals surface area contributed by atoms with E-state index in [4.69, 9.17) is 0 Å². The van der Waals surface area contributed by atoms with Gasteiger partial charge in [0.1, 0.15) is 0 Å². The van der Waals surface area contributed by atoms with Crippen molar-refractivity contribution >= 4 is 0 Å². The normalized spacial score (nSPS) is 15.1. The molecule has 0 saturated heterocycles. The number of rotatable bonds is 4. The third kappa shape index (κ3) is 2.56. The lowest BCUT2D eigenvalue weighted by Crippen LogP contribution is -2.24. The van der Waals surface area contributed by atoms with Gasteiger partial charge in [-0.3, -0.25) is 0 Å². The van der Waals surface area contributed by atoms with Crippen LogP contribution in [0.1, 0.15) is 36.7 Å². The molecule has 2 aromatic rings. The predicted octanol–water partition coefficient (Wildman–Crippen LogP) is 2.72. The SMILES string of the molecule is CC(C)NCc1cncn1C1Cc2ccccc2C1. The summed E-state index contributed by atoms with van der Waals surface area (Å²) < 4.78 is 2.34. The highest BCUT2D eigenvalue weighted by Crippen LogP contribution is 2.30. The average Bonchev–Trinajstić information content (AvgIpc) is 3.02. The molecule has 1 N–H and O–H groups in total. The Morgan fingerprint density at radius 2 is 1.95 bits per heavy atom. The summed E-state index contributed by atoms with van der Waals surface area (Å²) in [6, 6.07) is 9.80. The molecule has 1 heterocycles. The van der Waals surface area contributed by atoms with Crippen molar-refractivity contribution in [2.45, 2.75) is 45.3 Å². The zero-order chi connectivity index (χ0) is 13.2. The lowest BCUT2D eigenvalue weighted by atomic mass is 10.1. The molecule has 3 nitrogen and oxygen atoms in total. The highest BCUT2D eigenvalue weighted by Gasteiger charge is 2.23. The summed E-state index contributed by atoms with van der Waals surface area (Å²) in [6.07, 6.45) is 6.22. The second-order valence-electron chi connectivity index (χ2n) is 5.66. The Morgan fingerprint density at radius 1 is 1.26 bits per heavy atom. The zero-order valence-electron chi connectivity index (χ0n) is 11.6. The van der Waals surface area contributed by atoms with E-state index < -0.39 is 0 Å². The molecule has 0 atom stereocenters. The molecule has 1 aliphatic carbocycles. The molecule has 0 aliphatic heterocycles. The van der Waals surface area contributed by atoms with Gasteiger partial charge < -0.3 is 9.88 Å². The Kier molecular flexibility index (Phi) is 3.38. The standard InChI is InChI=1S/C16H21N3/c1-12(2)18-10-16-9-17-11-19(16)15-7-13-5-3-4-6-14(13)8-15/h3-6,9,11-12,15,18H,7-8,10H2,1-2H3. The molecule has 0 radical (unpaired) electrons. The van der Waals surface area contributed by atoms with Crippen LogP contribution in [0.5, 0.6) is 0 Å². The van der Waals surface area contributed by atoms with Crippen molar-refractivity contribution in [2.24, 2.45) is 0 Å². The van der Waals surface area contributed by atoms with Crippen LogP contribution in [0.3, 0.4) is 0 Å². The van der Waals surface area contributed by atoms with E-state index in [1.807, 2.05) is 12.5 Å². The van der Waals surface area contributed by atoms with Gasteiger partial charge in [-0.25, -0.2) is 4.98 Å². The Labute approximate surface area is 114 Å². The minimum Gasteiger partial charge on any atom is -0.330 e. The van der Waals surface area contributed by atoms with Crippen LogP contribution >= 0.6 is 0 Å². The number of fused-ring (bicyclic) bond motifs is 1. The number of aromatic nitrogens is 2. The monoisotopic (exact) mass is 255 g/mol. The van der Waals surface area contributed by atoms with Crippen LogP contribution in [0.4, 0.5) is 0 Å². The molecule has 1 aromatic carbocycles. The number of hydrogen-bond donors (Lipinski definition) is 1. The van der Waals surface area contributed by atoms with Gasteiger partial charge in [0.2, 0.25) is 0 Å². The van der Waals surface area contributed by atoms with E-state index >= 15 is 0 Å². The second-order valence-corrected chi connectivity index (χ2v) is 5.66. The van der Waals surface area contributed by atoms with Crippen LogP contribution in [0.25, 0.3) is 0 Å². The van der Waals surface area contributed by atoms with Gasteiger partial charge in [-0.15, -0.1) is 0 Å². The number of hydrogen-bond acceptors (Lipinski definition) is 2. The molecular weight excluding hydrogens is 234 g/mol. The van der Waals surface area contributed by atoms with E-state index in [0.717, 1.165) is 19.4 Å². The fourth-order valence-corrected chi connectivity index (χ4v) is 2.84. The van der Waals surface area contributed by atoms with E-state index in [-0.39, 0.29) is 0 Å². The van der Waals surface area contributed by atoms with Crippen LogP contribution in [0.2, 0.25) is 0 Å². The lowest BCUT2D eigenvalue weighted by molar-refractivity contribution is 0.487. The van der Waals surface area contributed by atoms with Gasteiger partial charge in [0.05, 0.1) is 12.0 Å². The van der Waals surface area contributed by atoms with E-state index in [1.165, 1.54) is 16.8 Å². The maximum atomic E-state index is 4.33. The first-order valence-electron chi connectivity index (χ1n) is 7.05. The third-order valence-electron chi connectivity index (χ3n) is 3.86. The lowest BCUT2D eigenvalue weighted by Gasteiger charge is -2.16. The maximum absolute atomic E-state index is 4.33. The van der Waals surface area contributed by atoms with Crippen molar-refractivity contribution in [2.75, 3.05) is 0 Å². The number of nitrogens with zero attached hydrogens (tertiary/aromatic N) is 2. The van der Waals surface area contributed by atoms with Crippen LogP contribution in [-0.4, -0.2) is 15.6 Å². The molecule has 1 aromatic heterocycles. The minimum absolute atomic E-state index is 0.504. The van der Waals surface area contributed by atoms with Crippen LogP contribution in [0.15, 0.2) is 36.8 Å². The zero-order valence-corrected chi connectivity index (χ0v) is 11.6. The van der Waals surface area contributed by atoms with Crippen LogP contribution < -0.4 is 5.32 Å². The van der Waals surface area contributed by atoms with E-state index in [9.17, 15) is 0 Å². The molecular formula is C16H21N3. The van der Waals surface area contributed by atoms with Crippen molar-refractivity contribution in [3.63, 3.8) is 0 Å². The van der Waals surface area contributed by atoms with E-state index in [0.29, 0.717) is 12.1 Å². The van der Waals surface area contributed by atoms with Crippen molar-refractivity contribution < 1.29 is 0 Å². The highest BCUT2D eigenvalue weighted by atomic mass is 15.1. The van der Waals surface area contributed by atoms with E-state index in [2.05, 4.69) is 53.0 Å². The molecule has 0 unspecified atom stereocenters. The topological polar surface area (TPSA) is 29.9 Å². The van der Waals surface area contributed by atoms with Gasteiger partial charge in [0, 0.05) is 24.8 Å². The quantitative estimate of drug-likeness (QED) is 0.910. The van der Waals surface area contributed by atoms with Crippen molar-refractivity contribution in [3.8, 4) is 0 Å².